The van der Waals surface area contributed by atoms with Gasteiger partial charge < -0.3 is 24.6 Å². The van der Waals surface area contributed by atoms with Crippen LogP contribution in [0, 0.1) is 11.8 Å². The second-order valence-electron chi connectivity index (χ2n) is 10.2. The monoisotopic (exact) mass is 480 g/mol. The number of anilines is 1. The van der Waals surface area contributed by atoms with Gasteiger partial charge in [0.05, 0.1) is 37.1 Å². The number of nitrogens with zero attached hydrogens (tertiary/aromatic N) is 1. The van der Waals surface area contributed by atoms with Crippen molar-refractivity contribution in [2.75, 3.05) is 32.1 Å². The van der Waals surface area contributed by atoms with Crippen LogP contribution in [0.3, 0.4) is 0 Å². The van der Waals surface area contributed by atoms with E-state index in [0.29, 0.717) is 11.6 Å². The standard InChI is InChI=1S/C27H32N2O6/c1-27(2)19-13-16-14-29(15-23(30)28-20-9-5-4-7-17(20)26(31)32)12-11-21(16)34-24(19)18-8-6-10-22(33-3)25(18)35-27/h4-10,16,19,21,24H,11-15H2,1-3H3,(H,28,30)(H,31,32)/t16-,19+,21+,24-/m0/s1. The summed E-state index contributed by atoms with van der Waals surface area (Å²) in [5.74, 6) is 0.695. The van der Waals surface area contributed by atoms with E-state index in [0.717, 1.165) is 43.0 Å². The van der Waals surface area contributed by atoms with Crippen molar-refractivity contribution in [1.82, 2.24) is 4.90 Å². The first-order chi connectivity index (χ1) is 16.8. The van der Waals surface area contributed by atoms with Gasteiger partial charge in [0.1, 0.15) is 5.60 Å². The molecule has 0 saturated carbocycles. The number of likely N-dealkylation sites (tertiary alicyclic amines) is 1. The number of carbonyl (C=O) groups excluding carboxylic acids is 1. The molecule has 2 N–H and O–H groups in total. The lowest BCUT2D eigenvalue weighted by Crippen LogP contribution is -2.55. The van der Waals surface area contributed by atoms with Crippen molar-refractivity contribution in [3.05, 3.63) is 53.6 Å². The minimum atomic E-state index is -1.06. The first-order valence-corrected chi connectivity index (χ1v) is 12.1. The van der Waals surface area contributed by atoms with Crippen LogP contribution < -0.4 is 14.8 Å². The quantitative estimate of drug-likeness (QED) is 0.668. The average Bonchev–Trinajstić information content (AvgIpc) is 2.83. The molecule has 2 aromatic carbocycles. The molecule has 0 bridgehead atoms. The second-order valence-corrected chi connectivity index (χ2v) is 10.2. The van der Waals surface area contributed by atoms with Crippen molar-refractivity contribution in [3.8, 4) is 11.5 Å². The number of para-hydroxylation sites is 2. The molecule has 4 atom stereocenters. The summed E-state index contributed by atoms with van der Waals surface area (Å²) >= 11 is 0. The maximum atomic E-state index is 12.7. The largest absolute Gasteiger partial charge is 0.493 e. The van der Waals surface area contributed by atoms with E-state index in [2.05, 4.69) is 30.1 Å². The number of ether oxygens (including phenoxy) is 3. The molecule has 35 heavy (non-hydrogen) atoms. The summed E-state index contributed by atoms with van der Waals surface area (Å²) in [4.78, 5) is 26.3. The number of rotatable bonds is 5. The number of piperidine rings is 1. The summed E-state index contributed by atoms with van der Waals surface area (Å²) in [6, 6.07) is 12.4. The van der Waals surface area contributed by atoms with Crippen LogP contribution in [0.25, 0.3) is 0 Å². The lowest BCUT2D eigenvalue weighted by atomic mass is 9.70. The van der Waals surface area contributed by atoms with Gasteiger partial charge in [0, 0.05) is 24.6 Å². The van der Waals surface area contributed by atoms with E-state index in [1.165, 1.54) is 6.07 Å². The molecule has 0 unspecified atom stereocenters. The van der Waals surface area contributed by atoms with Gasteiger partial charge in [0.2, 0.25) is 5.91 Å². The molecular formula is C27H32N2O6. The van der Waals surface area contributed by atoms with Gasteiger partial charge in [-0.1, -0.05) is 24.3 Å². The molecule has 2 fully saturated rings. The molecule has 0 radical (unpaired) electrons. The molecule has 0 aromatic heterocycles. The number of hydrogen-bond donors (Lipinski definition) is 2. The summed E-state index contributed by atoms with van der Waals surface area (Å²) in [6.45, 7) is 5.93. The maximum Gasteiger partial charge on any atom is 0.337 e. The van der Waals surface area contributed by atoms with E-state index in [1.807, 2.05) is 12.1 Å². The number of carbonyl (C=O) groups is 2. The Kier molecular flexibility index (Phi) is 6.19. The normalized spacial score (nSPS) is 26.9. The van der Waals surface area contributed by atoms with Crippen LogP contribution in [0.2, 0.25) is 0 Å². The van der Waals surface area contributed by atoms with Crippen LogP contribution in [0.15, 0.2) is 42.5 Å². The molecule has 3 aliphatic rings. The minimum absolute atomic E-state index is 0.0486. The van der Waals surface area contributed by atoms with Crippen molar-refractivity contribution in [3.63, 3.8) is 0 Å². The number of nitrogens with one attached hydrogen (secondary N) is 1. The third-order valence-corrected chi connectivity index (χ3v) is 7.58. The molecule has 0 aliphatic carbocycles. The maximum absolute atomic E-state index is 12.7. The third kappa shape index (κ3) is 4.48. The Labute approximate surface area is 205 Å². The number of aromatic carboxylic acids is 1. The third-order valence-electron chi connectivity index (χ3n) is 7.58. The van der Waals surface area contributed by atoms with Crippen molar-refractivity contribution in [2.24, 2.45) is 11.8 Å². The van der Waals surface area contributed by atoms with Crippen molar-refractivity contribution >= 4 is 17.6 Å². The Hall–Kier alpha value is -3.10. The summed E-state index contributed by atoms with van der Waals surface area (Å²) in [6.07, 6.45) is 1.86. The van der Waals surface area contributed by atoms with E-state index in [4.69, 9.17) is 14.2 Å². The smallest absolute Gasteiger partial charge is 0.337 e. The van der Waals surface area contributed by atoms with Gasteiger partial charge in [-0.05, 0) is 50.8 Å². The summed E-state index contributed by atoms with van der Waals surface area (Å²) in [7, 11) is 1.65. The van der Waals surface area contributed by atoms with Gasteiger partial charge in [-0.15, -0.1) is 0 Å². The predicted octanol–water partition coefficient (Wildman–Crippen LogP) is 3.97. The minimum Gasteiger partial charge on any atom is -0.493 e. The summed E-state index contributed by atoms with van der Waals surface area (Å²) < 4.78 is 18.7. The molecule has 5 rings (SSSR count). The van der Waals surface area contributed by atoms with E-state index in [9.17, 15) is 14.7 Å². The average molecular weight is 481 g/mol. The van der Waals surface area contributed by atoms with Gasteiger partial charge in [-0.2, -0.15) is 0 Å². The number of hydrogen-bond acceptors (Lipinski definition) is 6. The van der Waals surface area contributed by atoms with Crippen molar-refractivity contribution < 1.29 is 28.9 Å². The first kappa shape index (κ1) is 23.6. The van der Waals surface area contributed by atoms with Gasteiger partial charge in [0.25, 0.3) is 0 Å². The van der Waals surface area contributed by atoms with Crippen LogP contribution in [-0.4, -0.2) is 60.3 Å². The Bertz CT molecular complexity index is 1130. The van der Waals surface area contributed by atoms with Crippen LogP contribution in [-0.2, 0) is 9.53 Å². The Morgan fingerprint density at radius 2 is 2.00 bits per heavy atom. The highest BCUT2D eigenvalue weighted by atomic mass is 16.5. The summed E-state index contributed by atoms with van der Waals surface area (Å²) in [5.41, 5.74) is 1.03. The second kappa shape index (κ2) is 9.17. The van der Waals surface area contributed by atoms with Gasteiger partial charge in [-0.25, -0.2) is 4.79 Å². The molecule has 3 aliphatic heterocycles. The number of methoxy groups -OCH3 is 1. The fraction of sp³-hybridized carbons (Fsp3) is 0.481. The molecule has 0 spiro atoms. The molecule has 8 nitrogen and oxygen atoms in total. The van der Waals surface area contributed by atoms with Crippen molar-refractivity contribution in [2.45, 2.75) is 44.5 Å². The molecular weight excluding hydrogens is 448 g/mol. The number of fused-ring (bicyclic) bond motifs is 4. The Morgan fingerprint density at radius 1 is 1.20 bits per heavy atom. The Morgan fingerprint density at radius 3 is 2.77 bits per heavy atom. The van der Waals surface area contributed by atoms with E-state index >= 15 is 0 Å². The van der Waals surface area contributed by atoms with Crippen LogP contribution in [0.4, 0.5) is 5.69 Å². The van der Waals surface area contributed by atoms with Gasteiger partial charge in [-0.3, -0.25) is 9.69 Å². The zero-order valence-corrected chi connectivity index (χ0v) is 20.3. The SMILES string of the molecule is COc1cccc2c1OC(C)(C)[C@@H]1C[C@H]3CN(CC(=O)Nc4ccccc4C(=O)O)CC[C@H]3O[C@@H]21. The molecule has 3 heterocycles. The number of carboxylic acid groups (broad SMARTS) is 1. The van der Waals surface area contributed by atoms with Gasteiger partial charge in [0.15, 0.2) is 11.5 Å². The zero-order valence-electron chi connectivity index (χ0n) is 20.3. The van der Waals surface area contributed by atoms with Gasteiger partial charge >= 0.3 is 5.97 Å². The number of carboxylic acids is 1. The number of amides is 1. The first-order valence-electron chi connectivity index (χ1n) is 12.1. The molecule has 1 amide bonds. The highest BCUT2D eigenvalue weighted by Gasteiger charge is 2.52. The Balaban J connectivity index is 1.27. The fourth-order valence-corrected chi connectivity index (χ4v) is 5.84. The lowest BCUT2D eigenvalue weighted by molar-refractivity contribution is -0.187. The molecule has 2 aromatic rings. The molecule has 8 heteroatoms. The summed E-state index contributed by atoms with van der Waals surface area (Å²) in [5, 5.41) is 12.1. The molecule has 186 valence electrons. The van der Waals surface area contributed by atoms with E-state index in [-0.39, 0.29) is 36.1 Å². The highest BCUT2D eigenvalue weighted by molar-refractivity contribution is 6.01. The van der Waals surface area contributed by atoms with E-state index < -0.39 is 11.6 Å². The van der Waals surface area contributed by atoms with Crippen LogP contribution >= 0.6 is 0 Å². The van der Waals surface area contributed by atoms with Crippen molar-refractivity contribution in [1.29, 1.82) is 0 Å². The van der Waals surface area contributed by atoms with Crippen LogP contribution in [0.1, 0.15) is 48.7 Å². The zero-order chi connectivity index (χ0) is 24.7. The van der Waals surface area contributed by atoms with E-state index in [1.54, 1.807) is 25.3 Å². The molecule has 2 saturated heterocycles. The highest BCUT2D eigenvalue weighted by Crippen LogP contribution is 2.55. The number of benzene rings is 2. The van der Waals surface area contributed by atoms with Crippen LogP contribution in [0.5, 0.6) is 11.5 Å². The fourth-order valence-electron chi connectivity index (χ4n) is 5.84. The lowest BCUT2D eigenvalue weighted by Gasteiger charge is -2.53. The predicted molar refractivity (Wildman–Crippen MR) is 130 cm³/mol. The topological polar surface area (TPSA) is 97.3 Å².